The lowest BCUT2D eigenvalue weighted by Gasteiger charge is -2.38. The number of alkyl halides is 1. The molecular formula is C14H23IO2. The molecule has 2 bridgehead atoms. The van der Waals surface area contributed by atoms with Gasteiger partial charge < -0.3 is 4.74 Å². The van der Waals surface area contributed by atoms with Crippen molar-refractivity contribution in [3.05, 3.63) is 0 Å². The van der Waals surface area contributed by atoms with Gasteiger partial charge in [-0.1, -0.05) is 36.4 Å². The first-order chi connectivity index (χ1) is 7.93. The highest BCUT2D eigenvalue weighted by Crippen LogP contribution is 2.54. The number of esters is 1. The Kier molecular flexibility index (Phi) is 3.77. The second kappa shape index (κ2) is 4.71. The number of hydrogen-bond acceptors (Lipinski definition) is 2. The fourth-order valence-corrected chi connectivity index (χ4v) is 3.57. The second-order valence-electron chi connectivity index (χ2n) is 5.94. The Morgan fingerprint density at radius 3 is 2.59 bits per heavy atom. The zero-order valence-corrected chi connectivity index (χ0v) is 13.2. The van der Waals surface area contributed by atoms with Crippen molar-refractivity contribution in [2.45, 2.75) is 68.3 Å². The summed E-state index contributed by atoms with van der Waals surface area (Å²) in [6.45, 7) is 6.20. The van der Waals surface area contributed by atoms with Crippen molar-refractivity contribution >= 4 is 28.6 Å². The van der Waals surface area contributed by atoms with Crippen molar-refractivity contribution in [3.8, 4) is 0 Å². The molecule has 2 nitrogen and oxygen atoms in total. The van der Waals surface area contributed by atoms with Gasteiger partial charge in [-0.25, -0.2) is 0 Å². The quantitative estimate of drug-likeness (QED) is 0.433. The van der Waals surface area contributed by atoms with E-state index in [1.807, 2.05) is 13.8 Å². The van der Waals surface area contributed by atoms with Crippen LogP contribution in [0.25, 0.3) is 0 Å². The van der Waals surface area contributed by atoms with Crippen LogP contribution < -0.4 is 0 Å². The predicted octanol–water partition coefficient (Wildman–Crippen LogP) is 4.10. The number of rotatable bonds is 4. The molecule has 0 aromatic heterocycles. The maximum atomic E-state index is 12.3. The van der Waals surface area contributed by atoms with Crippen LogP contribution in [-0.4, -0.2) is 15.0 Å². The van der Waals surface area contributed by atoms with Gasteiger partial charge in [-0.05, 0) is 57.3 Å². The SMILES string of the molecule is CCC(C)(I)C(=O)OC1(CC)CC2CCC1C2. The molecule has 17 heavy (non-hydrogen) atoms. The van der Waals surface area contributed by atoms with Gasteiger partial charge in [0, 0.05) is 0 Å². The fourth-order valence-electron chi connectivity index (χ4n) is 3.46. The third-order valence-electron chi connectivity index (χ3n) is 4.90. The zero-order chi connectivity index (χ0) is 12.7. The van der Waals surface area contributed by atoms with E-state index in [1.165, 1.54) is 19.3 Å². The van der Waals surface area contributed by atoms with E-state index in [0.29, 0.717) is 5.92 Å². The number of fused-ring (bicyclic) bond motifs is 2. The Hall–Kier alpha value is 0.200. The van der Waals surface area contributed by atoms with Crippen molar-refractivity contribution in [3.63, 3.8) is 0 Å². The molecule has 0 heterocycles. The van der Waals surface area contributed by atoms with Gasteiger partial charge in [0.15, 0.2) is 0 Å². The lowest BCUT2D eigenvalue weighted by Crippen LogP contribution is -2.44. The summed E-state index contributed by atoms with van der Waals surface area (Å²) >= 11 is 2.23. The summed E-state index contributed by atoms with van der Waals surface area (Å²) in [5.41, 5.74) is -0.123. The number of hydrogen-bond donors (Lipinski definition) is 0. The lowest BCUT2D eigenvalue weighted by atomic mass is 9.82. The van der Waals surface area contributed by atoms with Crippen LogP contribution >= 0.6 is 22.6 Å². The maximum absolute atomic E-state index is 12.3. The van der Waals surface area contributed by atoms with Crippen LogP contribution in [0.2, 0.25) is 0 Å². The van der Waals surface area contributed by atoms with E-state index in [1.54, 1.807) is 0 Å². The van der Waals surface area contributed by atoms with Crippen LogP contribution in [-0.2, 0) is 9.53 Å². The molecule has 2 aliphatic carbocycles. The van der Waals surface area contributed by atoms with Gasteiger partial charge in [-0.2, -0.15) is 0 Å². The Morgan fingerprint density at radius 2 is 2.18 bits per heavy atom. The number of carbonyl (C=O) groups is 1. The third kappa shape index (κ3) is 2.36. The van der Waals surface area contributed by atoms with Gasteiger partial charge in [0.1, 0.15) is 9.02 Å². The van der Waals surface area contributed by atoms with Gasteiger partial charge in [0.05, 0.1) is 0 Å². The normalized spacial score (nSPS) is 39.1. The van der Waals surface area contributed by atoms with Crippen molar-refractivity contribution in [2.75, 3.05) is 0 Å². The van der Waals surface area contributed by atoms with E-state index in [-0.39, 0.29) is 15.0 Å². The first-order valence-corrected chi connectivity index (χ1v) is 7.93. The minimum atomic E-state index is -0.359. The van der Waals surface area contributed by atoms with Crippen molar-refractivity contribution in [1.29, 1.82) is 0 Å². The molecule has 0 radical (unpaired) electrons. The largest absolute Gasteiger partial charge is 0.458 e. The monoisotopic (exact) mass is 350 g/mol. The van der Waals surface area contributed by atoms with E-state index >= 15 is 0 Å². The lowest BCUT2D eigenvalue weighted by molar-refractivity contribution is -0.168. The smallest absolute Gasteiger partial charge is 0.322 e. The van der Waals surface area contributed by atoms with Gasteiger partial charge in [-0.3, -0.25) is 4.79 Å². The van der Waals surface area contributed by atoms with E-state index in [4.69, 9.17) is 4.74 Å². The first kappa shape index (κ1) is 13.6. The minimum Gasteiger partial charge on any atom is -0.458 e. The van der Waals surface area contributed by atoms with Crippen LogP contribution in [0.3, 0.4) is 0 Å². The first-order valence-electron chi connectivity index (χ1n) is 6.86. The molecule has 0 aromatic rings. The molecule has 0 saturated heterocycles. The molecule has 0 amide bonds. The third-order valence-corrected chi connectivity index (χ3v) is 6.11. The summed E-state index contributed by atoms with van der Waals surface area (Å²) < 4.78 is 5.63. The Balaban J connectivity index is 2.09. The van der Waals surface area contributed by atoms with E-state index < -0.39 is 0 Å². The highest BCUT2D eigenvalue weighted by molar-refractivity contribution is 14.1. The molecule has 0 aliphatic heterocycles. The highest BCUT2D eigenvalue weighted by atomic mass is 127. The molecule has 0 N–H and O–H groups in total. The van der Waals surface area contributed by atoms with E-state index in [0.717, 1.165) is 25.2 Å². The molecule has 2 rings (SSSR count). The van der Waals surface area contributed by atoms with E-state index in [2.05, 4.69) is 29.5 Å². The van der Waals surface area contributed by atoms with Crippen LogP contribution in [0.4, 0.5) is 0 Å². The molecule has 2 fully saturated rings. The molecule has 4 atom stereocenters. The van der Waals surface area contributed by atoms with Crippen LogP contribution in [0.15, 0.2) is 0 Å². The van der Waals surface area contributed by atoms with Crippen LogP contribution in [0, 0.1) is 11.8 Å². The maximum Gasteiger partial charge on any atom is 0.322 e. The van der Waals surface area contributed by atoms with Gasteiger partial charge >= 0.3 is 5.97 Å². The summed E-state index contributed by atoms with van der Waals surface area (Å²) in [6, 6.07) is 0. The van der Waals surface area contributed by atoms with Gasteiger partial charge in [0.2, 0.25) is 0 Å². The molecule has 98 valence electrons. The summed E-state index contributed by atoms with van der Waals surface area (Å²) in [5, 5.41) is 0. The fraction of sp³-hybridized carbons (Fsp3) is 0.929. The molecular weight excluding hydrogens is 327 g/mol. The topological polar surface area (TPSA) is 26.3 Å². The highest BCUT2D eigenvalue weighted by Gasteiger charge is 2.53. The van der Waals surface area contributed by atoms with Crippen molar-refractivity contribution in [2.24, 2.45) is 11.8 Å². The second-order valence-corrected chi connectivity index (χ2v) is 8.32. The van der Waals surface area contributed by atoms with Crippen molar-refractivity contribution in [1.82, 2.24) is 0 Å². The van der Waals surface area contributed by atoms with Crippen LogP contribution in [0.1, 0.15) is 59.3 Å². The average Bonchev–Trinajstić information content (AvgIpc) is 2.89. The standard InChI is InChI=1S/C14H23IO2/c1-4-13(3,15)12(16)17-14(5-2)9-10-6-7-11(14)8-10/h10-11H,4-9H2,1-3H3. The predicted molar refractivity (Wildman–Crippen MR) is 77.3 cm³/mol. The van der Waals surface area contributed by atoms with Gasteiger partial charge in [-0.15, -0.1) is 0 Å². The zero-order valence-electron chi connectivity index (χ0n) is 11.1. The Bertz CT molecular complexity index is 313. The molecule has 0 aromatic carbocycles. The summed E-state index contributed by atoms with van der Waals surface area (Å²) in [4.78, 5) is 12.3. The Labute approximate surface area is 118 Å². The summed E-state index contributed by atoms with van der Waals surface area (Å²) in [7, 11) is 0. The molecule has 2 saturated carbocycles. The minimum absolute atomic E-state index is 0.00463. The average molecular weight is 350 g/mol. The van der Waals surface area contributed by atoms with Crippen LogP contribution in [0.5, 0.6) is 0 Å². The van der Waals surface area contributed by atoms with E-state index in [9.17, 15) is 4.79 Å². The summed E-state index contributed by atoms with van der Waals surface area (Å²) in [5.74, 6) is 1.44. The van der Waals surface area contributed by atoms with Crippen molar-refractivity contribution < 1.29 is 9.53 Å². The molecule has 0 spiro atoms. The summed E-state index contributed by atoms with van der Waals surface area (Å²) in [6.07, 6.45) is 6.81. The molecule has 2 aliphatic rings. The number of carbonyl (C=O) groups excluding carboxylic acids is 1. The number of halogens is 1. The molecule has 3 heteroatoms. The van der Waals surface area contributed by atoms with Gasteiger partial charge in [0.25, 0.3) is 0 Å². The number of ether oxygens (including phenoxy) is 1. The Morgan fingerprint density at radius 1 is 1.47 bits per heavy atom. The molecule has 4 unspecified atom stereocenters.